The summed E-state index contributed by atoms with van der Waals surface area (Å²) in [5, 5.41) is 0.787. The van der Waals surface area contributed by atoms with Crippen molar-refractivity contribution in [2.24, 2.45) is 0 Å². The first-order chi connectivity index (χ1) is 6.37. The fourth-order valence-electron chi connectivity index (χ4n) is 0.897. The van der Waals surface area contributed by atoms with E-state index in [-0.39, 0.29) is 5.60 Å². The fourth-order valence-corrected chi connectivity index (χ4v) is 1.40. The van der Waals surface area contributed by atoms with Crippen LogP contribution in [0.2, 0.25) is 10.3 Å². The number of halogens is 2. The summed E-state index contributed by atoms with van der Waals surface area (Å²) in [5.74, 6) is 0. The van der Waals surface area contributed by atoms with E-state index in [9.17, 15) is 0 Å². The molecule has 0 unspecified atom stereocenters. The quantitative estimate of drug-likeness (QED) is 0.728. The van der Waals surface area contributed by atoms with E-state index in [1.54, 1.807) is 12.1 Å². The van der Waals surface area contributed by atoms with Crippen molar-refractivity contribution in [3.05, 3.63) is 28.0 Å². The Morgan fingerprint density at radius 1 is 1.21 bits per heavy atom. The lowest BCUT2D eigenvalue weighted by atomic mass is 10.2. The highest BCUT2D eigenvalue weighted by atomic mass is 35.5. The summed E-state index contributed by atoms with van der Waals surface area (Å²) in [6, 6.07) is 3.50. The second kappa shape index (κ2) is 4.47. The molecule has 4 heteroatoms. The molecule has 78 valence electrons. The third-order valence-corrected chi connectivity index (χ3v) is 1.88. The highest BCUT2D eigenvalue weighted by molar-refractivity contribution is 6.32. The second-order valence-corrected chi connectivity index (χ2v) is 4.80. The van der Waals surface area contributed by atoms with Crippen molar-refractivity contribution in [1.82, 2.24) is 4.98 Å². The molecule has 0 atom stereocenters. The molecular formula is C10H13Cl2NO. The van der Waals surface area contributed by atoms with E-state index < -0.39 is 0 Å². The summed E-state index contributed by atoms with van der Waals surface area (Å²) in [7, 11) is 0. The topological polar surface area (TPSA) is 22.1 Å². The van der Waals surface area contributed by atoms with Crippen LogP contribution in [0, 0.1) is 0 Å². The Morgan fingerprint density at radius 2 is 1.71 bits per heavy atom. The largest absolute Gasteiger partial charge is 0.371 e. The Labute approximate surface area is 94.2 Å². The molecule has 0 radical (unpaired) electrons. The molecule has 1 aromatic heterocycles. The molecule has 1 heterocycles. The molecule has 0 amide bonds. The zero-order valence-electron chi connectivity index (χ0n) is 8.47. The molecule has 0 saturated carbocycles. The number of nitrogens with zero attached hydrogens (tertiary/aromatic N) is 1. The van der Waals surface area contributed by atoms with E-state index in [1.807, 2.05) is 20.8 Å². The number of rotatable bonds is 2. The maximum atomic E-state index is 5.75. The lowest BCUT2D eigenvalue weighted by Crippen LogP contribution is -2.18. The molecule has 1 aromatic rings. The average molecular weight is 234 g/mol. The van der Waals surface area contributed by atoms with Crippen LogP contribution in [0.25, 0.3) is 0 Å². The smallest absolute Gasteiger partial charge is 0.131 e. The van der Waals surface area contributed by atoms with Crippen molar-refractivity contribution >= 4 is 23.2 Å². The fraction of sp³-hybridized carbons (Fsp3) is 0.500. The zero-order chi connectivity index (χ0) is 10.8. The maximum Gasteiger partial charge on any atom is 0.131 e. The van der Waals surface area contributed by atoms with E-state index in [0.717, 1.165) is 5.56 Å². The van der Waals surface area contributed by atoms with Gasteiger partial charge in [0.05, 0.1) is 12.2 Å². The zero-order valence-corrected chi connectivity index (χ0v) is 9.99. The minimum atomic E-state index is -0.164. The number of aromatic nitrogens is 1. The van der Waals surface area contributed by atoms with E-state index in [4.69, 9.17) is 27.9 Å². The molecule has 0 aliphatic heterocycles. The van der Waals surface area contributed by atoms with Crippen LogP contribution in [0.4, 0.5) is 0 Å². The van der Waals surface area contributed by atoms with Gasteiger partial charge in [-0.3, -0.25) is 0 Å². The molecule has 0 fully saturated rings. The summed E-state index contributed by atoms with van der Waals surface area (Å²) in [6.45, 7) is 6.48. The van der Waals surface area contributed by atoms with Gasteiger partial charge in [0, 0.05) is 0 Å². The standard InChI is InChI=1S/C10H13Cl2NO/c1-10(2,3)14-6-7-4-8(11)13-9(12)5-7/h4-5H,6H2,1-3H3. The third-order valence-electron chi connectivity index (χ3n) is 1.49. The molecule has 0 spiro atoms. The summed E-state index contributed by atoms with van der Waals surface area (Å²) >= 11 is 11.5. The van der Waals surface area contributed by atoms with Crippen molar-refractivity contribution in [3.8, 4) is 0 Å². The third kappa shape index (κ3) is 4.27. The van der Waals surface area contributed by atoms with Gasteiger partial charge in [-0.15, -0.1) is 0 Å². The van der Waals surface area contributed by atoms with Crippen LogP contribution in [0.1, 0.15) is 26.3 Å². The van der Waals surface area contributed by atoms with E-state index in [0.29, 0.717) is 16.9 Å². The molecule has 0 N–H and O–H groups in total. The molecule has 0 aliphatic rings. The minimum absolute atomic E-state index is 0.164. The van der Waals surface area contributed by atoms with Crippen LogP contribution in [0.3, 0.4) is 0 Å². The van der Waals surface area contributed by atoms with Crippen LogP contribution in [-0.2, 0) is 11.3 Å². The predicted molar refractivity (Wildman–Crippen MR) is 58.8 cm³/mol. The van der Waals surface area contributed by atoms with Crippen molar-refractivity contribution < 1.29 is 4.74 Å². The van der Waals surface area contributed by atoms with Gasteiger partial charge in [-0.05, 0) is 38.5 Å². The molecule has 0 aromatic carbocycles. The summed E-state index contributed by atoms with van der Waals surface area (Å²) in [4.78, 5) is 3.85. The van der Waals surface area contributed by atoms with Gasteiger partial charge in [0.15, 0.2) is 0 Å². The van der Waals surface area contributed by atoms with Gasteiger partial charge in [-0.25, -0.2) is 4.98 Å². The average Bonchev–Trinajstić information content (AvgIpc) is 1.97. The van der Waals surface area contributed by atoms with Crippen molar-refractivity contribution in [2.75, 3.05) is 0 Å². The molecule has 14 heavy (non-hydrogen) atoms. The Morgan fingerprint density at radius 3 is 2.14 bits per heavy atom. The predicted octanol–water partition coefficient (Wildman–Crippen LogP) is 3.70. The first kappa shape index (κ1) is 11.8. The van der Waals surface area contributed by atoms with E-state index in [1.165, 1.54) is 0 Å². The Kier molecular flexibility index (Phi) is 3.76. The first-order valence-electron chi connectivity index (χ1n) is 4.33. The lowest BCUT2D eigenvalue weighted by molar-refractivity contribution is -0.0149. The Balaban J connectivity index is 2.68. The van der Waals surface area contributed by atoms with Gasteiger partial charge in [0.1, 0.15) is 10.3 Å². The lowest BCUT2D eigenvalue weighted by Gasteiger charge is -2.19. The summed E-state index contributed by atoms with van der Waals surface area (Å²) < 4.78 is 5.58. The van der Waals surface area contributed by atoms with Gasteiger partial charge in [0.2, 0.25) is 0 Å². The molecule has 0 saturated heterocycles. The van der Waals surface area contributed by atoms with Crippen LogP contribution >= 0.6 is 23.2 Å². The molecule has 2 nitrogen and oxygen atoms in total. The number of ether oxygens (including phenoxy) is 1. The van der Waals surface area contributed by atoms with Crippen molar-refractivity contribution in [3.63, 3.8) is 0 Å². The SMILES string of the molecule is CC(C)(C)OCc1cc(Cl)nc(Cl)c1. The van der Waals surface area contributed by atoms with E-state index >= 15 is 0 Å². The second-order valence-electron chi connectivity index (χ2n) is 4.02. The van der Waals surface area contributed by atoms with Crippen LogP contribution < -0.4 is 0 Å². The summed E-state index contributed by atoms with van der Waals surface area (Å²) in [6.07, 6.45) is 0. The van der Waals surface area contributed by atoms with Gasteiger partial charge >= 0.3 is 0 Å². The normalized spacial score (nSPS) is 11.8. The maximum absolute atomic E-state index is 5.75. The van der Waals surface area contributed by atoms with Gasteiger partial charge in [-0.2, -0.15) is 0 Å². The van der Waals surface area contributed by atoms with Gasteiger partial charge in [-0.1, -0.05) is 23.2 Å². The van der Waals surface area contributed by atoms with Gasteiger partial charge < -0.3 is 4.74 Å². The summed E-state index contributed by atoms with van der Waals surface area (Å²) in [5.41, 5.74) is 0.771. The van der Waals surface area contributed by atoms with E-state index in [2.05, 4.69) is 4.98 Å². The highest BCUT2D eigenvalue weighted by Crippen LogP contribution is 2.17. The monoisotopic (exact) mass is 233 g/mol. The molecule has 0 aliphatic carbocycles. The molecular weight excluding hydrogens is 221 g/mol. The number of hydrogen-bond donors (Lipinski definition) is 0. The first-order valence-corrected chi connectivity index (χ1v) is 5.08. The molecule has 1 rings (SSSR count). The Hall–Kier alpha value is -0.310. The van der Waals surface area contributed by atoms with Crippen LogP contribution in [-0.4, -0.2) is 10.6 Å². The number of hydrogen-bond acceptors (Lipinski definition) is 2. The molecule has 0 bridgehead atoms. The van der Waals surface area contributed by atoms with Crippen molar-refractivity contribution in [1.29, 1.82) is 0 Å². The van der Waals surface area contributed by atoms with Crippen molar-refractivity contribution in [2.45, 2.75) is 33.0 Å². The van der Waals surface area contributed by atoms with Crippen LogP contribution in [0.5, 0.6) is 0 Å². The van der Waals surface area contributed by atoms with Gasteiger partial charge in [0.25, 0.3) is 0 Å². The number of pyridine rings is 1. The van der Waals surface area contributed by atoms with Crippen LogP contribution in [0.15, 0.2) is 12.1 Å². The minimum Gasteiger partial charge on any atom is -0.371 e. The Bertz CT molecular complexity index is 300. The highest BCUT2D eigenvalue weighted by Gasteiger charge is 2.10.